The van der Waals surface area contributed by atoms with Crippen LogP contribution >= 0.6 is 7.60 Å². The van der Waals surface area contributed by atoms with Crippen molar-refractivity contribution >= 4 is 12.9 Å². The van der Waals surface area contributed by atoms with Crippen LogP contribution in [-0.2, 0) is 11.0 Å². The van der Waals surface area contributed by atoms with Gasteiger partial charge in [-0.3, -0.25) is 4.57 Å². The predicted molar refractivity (Wildman–Crippen MR) is 48.9 cm³/mol. The molecule has 72 valence electrons. The molecule has 0 aliphatic rings. The van der Waals surface area contributed by atoms with Gasteiger partial charge in [-0.25, -0.2) is 0 Å². The highest BCUT2D eigenvalue weighted by molar-refractivity contribution is 7.60. The quantitative estimate of drug-likeness (QED) is 0.604. The number of aliphatic hydroxyl groups excluding tert-OH is 1. The SMILES string of the molecule is O=P(O)(O)c1cccc(CCO)c1. The average Bonchev–Trinajstić information content (AvgIpc) is 2.04. The van der Waals surface area contributed by atoms with Crippen LogP contribution in [0.3, 0.4) is 0 Å². The highest BCUT2D eigenvalue weighted by Crippen LogP contribution is 2.32. The van der Waals surface area contributed by atoms with Crippen LogP contribution in [-0.4, -0.2) is 21.5 Å². The molecule has 0 aliphatic heterocycles. The molecule has 0 spiro atoms. The zero-order valence-corrected chi connectivity index (χ0v) is 7.82. The van der Waals surface area contributed by atoms with Gasteiger partial charge >= 0.3 is 7.60 Å². The first-order valence-electron chi connectivity index (χ1n) is 3.80. The molecule has 0 amide bonds. The van der Waals surface area contributed by atoms with Gasteiger partial charge in [0.05, 0.1) is 5.30 Å². The van der Waals surface area contributed by atoms with Crippen molar-refractivity contribution < 1.29 is 19.5 Å². The minimum Gasteiger partial charge on any atom is -0.396 e. The molecule has 4 nitrogen and oxygen atoms in total. The molecule has 13 heavy (non-hydrogen) atoms. The Morgan fingerprint density at radius 2 is 2.00 bits per heavy atom. The van der Waals surface area contributed by atoms with Crippen molar-refractivity contribution in [2.45, 2.75) is 6.42 Å². The van der Waals surface area contributed by atoms with E-state index in [4.69, 9.17) is 14.9 Å². The molecule has 0 unspecified atom stereocenters. The number of hydrogen-bond donors (Lipinski definition) is 3. The zero-order chi connectivity index (χ0) is 9.90. The summed E-state index contributed by atoms with van der Waals surface area (Å²) in [5.41, 5.74) is 0.725. The summed E-state index contributed by atoms with van der Waals surface area (Å²) in [7, 11) is -4.15. The maximum Gasteiger partial charge on any atom is 0.356 e. The van der Waals surface area contributed by atoms with Crippen LogP contribution in [0.2, 0.25) is 0 Å². The molecular weight excluding hydrogens is 191 g/mol. The molecule has 0 aromatic heterocycles. The Hall–Kier alpha value is -0.670. The molecule has 1 aromatic rings. The third kappa shape index (κ3) is 2.94. The van der Waals surface area contributed by atoms with Gasteiger partial charge in [0, 0.05) is 6.61 Å². The lowest BCUT2D eigenvalue weighted by molar-refractivity contribution is 0.299. The molecule has 0 saturated heterocycles. The number of benzene rings is 1. The first-order valence-corrected chi connectivity index (χ1v) is 5.41. The second-order valence-corrected chi connectivity index (χ2v) is 4.29. The van der Waals surface area contributed by atoms with E-state index in [1.807, 2.05) is 0 Å². The average molecular weight is 202 g/mol. The van der Waals surface area contributed by atoms with Crippen molar-refractivity contribution in [3.63, 3.8) is 0 Å². The van der Waals surface area contributed by atoms with E-state index in [-0.39, 0.29) is 11.9 Å². The summed E-state index contributed by atoms with van der Waals surface area (Å²) < 4.78 is 10.8. The molecule has 3 N–H and O–H groups in total. The monoisotopic (exact) mass is 202 g/mol. The summed E-state index contributed by atoms with van der Waals surface area (Å²) >= 11 is 0. The van der Waals surface area contributed by atoms with Crippen LogP contribution in [0.25, 0.3) is 0 Å². The number of hydrogen-bond acceptors (Lipinski definition) is 2. The summed E-state index contributed by atoms with van der Waals surface area (Å²) in [6, 6.07) is 6.08. The summed E-state index contributed by atoms with van der Waals surface area (Å²) in [6.07, 6.45) is 0.411. The molecule has 0 aliphatic carbocycles. The van der Waals surface area contributed by atoms with Crippen molar-refractivity contribution in [1.82, 2.24) is 0 Å². The second kappa shape index (κ2) is 4.03. The van der Waals surface area contributed by atoms with Crippen LogP contribution in [0.1, 0.15) is 5.56 Å². The summed E-state index contributed by atoms with van der Waals surface area (Å²) in [5.74, 6) is 0. The van der Waals surface area contributed by atoms with Crippen LogP contribution in [0.5, 0.6) is 0 Å². The maximum atomic E-state index is 10.8. The smallest absolute Gasteiger partial charge is 0.356 e. The molecule has 0 heterocycles. The predicted octanol–water partition coefficient (Wildman–Crippen LogP) is 0.0244. The van der Waals surface area contributed by atoms with Gasteiger partial charge in [-0.05, 0) is 24.1 Å². The fourth-order valence-electron chi connectivity index (χ4n) is 1.02. The van der Waals surface area contributed by atoms with Gasteiger partial charge in [-0.1, -0.05) is 12.1 Å². The van der Waals surface area contributed by atoms with E-state index in [0.29, 0.717) is 6.42 Å². The Morgan fingerprint density at radius 1 is 1.31 bits per heavy atom. The minimum atomic E-state index is -4.15. The minimum absolute atomic E-state index is 0.00144. The molecule has 0 bridgehead atoms. The Balaban J connectivity index is 2.99. The van der Waals surface area contributed by atoms with E-state index in [2.05, 4.69) is 0 Å². The Kier molecular flexibility index (Phi) is 3.22. The number of rotatable bonds is 3. The van der Waals surface area contributed by atoms with Gasteiger partial charge in [0.2, 0.25) is 0 Å². The maximum absolute atomic E-state index is 10.8. The first kappa shape index (κ1) is 10.4. The van der Waals surface area contributed by atoms with Crippen LogP contribution in [0, 0.1) is 0 Å². The summed E-state index contributed by atoms with van der Waals surface area (Å²) in [6.45, 7) is -0.0232. The number of aliphatic hydroxyl groups is 1. The Morgan fingerprint density at radius 3 is 2.54 bits per heavy atom. The lowest BCUT2D eigenvalue weighted by Gasteiger charge is -2.05. The molecule has 0 fully saturated rings. The normalized spacial score (nSPS) is 11.6. The van der Waals surface area contributed by atoms with Crippen LogP contribution in [0.15, 0.2) is 24.3 Å². The topological polar surface area (TPSA) is 77.8 Å². The molecule has 1 aromatic carbocycles. The molecule has 0 radical (unpaired) electrons. The highest BCUT2D eigenvalue weighted by atomic mass is 31.2. The summed E-state index contributed by atoms with van der Waals surface area (Å²) in [4.78, 5) is 17.7. The second-order valence-electron chi connectivity index (χ2n) is 2.69. The van der Waals surface area contributed by atoms with Crippen molar-refractivity contribution in [3.8, 4) is 0 Å². The van der Waals surface area contributed by atoms with Gasteiger partial charge in [-0.2, -0.15) is 0 Å². The fourth-order valence-corrected chi connectivity index (χ4v) is 1.64. The molecule has 1 rings (SSSR count). The van der Waals surface area contributed by atoms with Gasteiger partial charge in [0.1, 0.15) is 0 Å². The Bertz CT molecular complexity index is 331. The largest absolute Gasteiger partial charge is 0.396 e. The van der Waals surface area contributed by atoms with E-state index in [1.54, 1.807) is 12.1 Å². The van der Waals surface area contributed by atoms with Crippen molar-refractivity contribution in [2.75, 3.05) is 6.61 Å². The molecule has 0 saturated carbocycles. The van der Waals surface area contributed by atoms with E-state index < -0.39 is 7.60 Å². The third-order valence-corrected chi connectivity index (χ3v) is 2.60. The van der Waals surface area contributed by atoms with E-state index >= 15 is 0 Å². The van der Waals surface area contributed by atoms with Crippen LogP contribution < -0.4 is 5.30 Å². The van der Waals surface area contributed by atoms with Gasteiger partial charge in [-0.15, -0.1) is 0 Å². The third-order valence-electron chi connectivity index (χ3n) is 1.65. The molecule has 0 atom stereocenters. The van der Waals surface area contributed by atoms with Crippen molar-refractivity contribution in [3.05, 3.63) is 29.8 Å². The van der Waals surface area contributed by atoms with E-state index in [1.165, 1.54) is 12.1 Å². The van der Waals surface area contributed by atoms with Crippen LogP contribution in [0.4, 0.5) is 0 Å². The molecule has 5 heteroatoms. The highest BCUT2D eigenvalue weighted by Gasteiger charge is 2.16. The van der Waals surface area contributed by atoms with Gasteiger partial charge < -0.3 is 14.9 Å². The molecular formula is C8H11O4P. The van der Waals surface area contributed by atoms with Crippen molar-refractivity contribution in [2.24, 2.45) is 0 Å². The standard InChI is InChI=1S/C8H11O4P/c9-5-4-7-2-1-3-8(6-7)13(10,11)12/h1-3,6,9H,4-5H2,(H2,10,11,12). The lowest BCUT2D eigenvalue weighted by atomic mass is 10.2. The van der Waals surface area contributed by atoms with Gasteiger partial charge in [0.25, 0.3) is 0 Å². The van der Waals surface area contributed by atoms with Crippen molar-refractivity contribution in [1.29, 1.82) is 0 Å². The zero-order valence-electron chi connectivity index (χ0n) is 6.92. The first-order chi connectivity index (χ1) is 6.04. The Labute approximate surface area is 76.0 Å². The van der Waals surface area contributed by atoms with E-state index in [9.17, 15) is 4.57 Å². The lowest BCUT2D eigenvalue weighted by Crippen LogP contribution is -2.05. The van der Waals surface area contributed by atoms with Gasteiger partial charge in [0.15, 0.2) is 0 Å². The summed E-state index contributed by atoms with van der Waals surface area (Å²) in [5, 5.41) is 8.62. The fraction of sp³-hybridized carbons (Fsp3) is 0.250. The van der Waals surface area contributed by atoms with E-state index in [0.717, 1.165) is 5.56 Å².